The van der Waals surface area contributed by atoms with Crippen LogP contribution in [0.15, 0.2) is 24.3 Å². The van der Waals surface area contributed by atoms with Crippen molar-refractivity contribution in [2.45, 2.75) is 39.5 Å². The van der Waals surface area contributed by atoms with Crippen LogP contribution in [-0.2, 0) is 16.6 Å². The zero-order valence-corrected chi connectivity index (χ0v) is 12.4. The first-order chi connectivity index (χ1) is 8.45. The highest BCUT2D eigenvalue weighted by atomic mass is 16.5. The predicted molar refractivity (Wildman–Crippen MR) is 77.9 cm³/mol. The minimum atomic E-state index is 0.134. The van der Waals surface area contributed by atoms with Crippen LogP contribution in [-0.4, -0.2) is 20.4 Å². The lowest BCUT2D eigenvalue weighted by Gasteiger charge is -2.26. The van der Waals surface area contributed by atoms with Gasteiger partial charge in [-0.05, 0) is 23.5 Å². The average Bonchev–Trinajstić information content (AvgIpc) is 2.29. The lowest BCUT2D eigenvalue weighted by molar-refractivity contribution is 0.169. The molecule has 0 atom stereocenters. The summed E-state index contributed by atoms with van der Waals surface area (Å²) in [5, 5.41) is 3.30. The molecule has 1 aromatic carbocycles. The number of hydrogen-bond donors (Lipinski definition) is 1. The molecule has 0 bridgehead atoms. The molecule has 0 aromatic heterocycles. The van der Waals surface area contributed by atoms with E-state index in [0.29, 0.717) is 12.6 Å². The minimum Gasteiger partial charge on any atom is -0.370 e. The van der Waals surface area contributed by atoms with Gasteiger partial charge in [-0.25, -0.2) is 0 Å². The van der Waals surface area contributed by atoms with Crippen LogP contribution in [0.2, 0.25) is 0 Å². The highest BCUT2D eigenvalue weighted by molar-refractivity contribution is 5.28. The molecule has 0 saturated carbocycles. The summed E-state index contributed by atoms with van der Waals surface area (Å²) in [6.45, 7) is 10.6. The number of methoxy groups -OCH3 is 1. The van der Waals surface area contributed by atoms with Crippen molar-refractivity contribution in [3.05, 3.63) is 35.4 Å². The SMILES string of the molecule is COCNCC(C)(C)c1ccc(CC(C)C)cc1. The predicted octanol–water partition coefficient (Wildman–Crippen LogP) is 3.36. The topological polar surface area (TPSA) is 21.3 Å². The number of nitrogens with one attached hydrogen (secondary N) is 1. The molecule has 0 aliphatic rings. The van der Waals surface area contributed by atoms with E-state index in [9.17, 15) is 0 Å². The van der Waals surface area contributed by atoms with Crippen LogP contribution < -0.4 is 5.32 Å². The Kier molecular flexibility index (Phi) is 5.83. The maximum atomic E-state index is 5.02. The van der Waals surface area contributed by atoms with E-state index in [-0.39, 0.29) is 5.41 Å². The van der Waals surface area contributed by atoms with Gasteiger partial charge in [0.05, 0.1) is 6.73 Å². The van der Waals surface area contributed by atoms with Crippen LogP contribution in [0.4, 0.5) is 0 Å². The smallest absolute Gasteiger partial charge is 0.0961 e. The van der Waals surface area contributed by atoms with Gasteiger partial charge in [0.2, 0.25) is 0 Å². The number of rotatable bonds is 7. The van der Waals surface area contributed by atoms with E-state index < -0.39 is 0 Å². The molecule has 0 fully saturated rings. The van der Waals surface area contributed by atoms with Crippen molar-refractivity contribution in [2.75, 3.05) is 20.4 Å². The van der Waals surface area contributed by atoms with Crippen LogP contribution in [0.1, 0.15) is 38.8 Å². The summed E-state index contributed by atoms with van der Waals surface area (Å²) >= 11 is 0. The molecule has 2 heteroatoms. The summed E-state index contributed by atoms with van der Waals surface area (Å²) in [5.41, 5.74) is 2.93. The highest BCUT2D eigenvalue weighted by Crippen LogP contribution is 2.23. The van der Waals surface area contributed by atoms with Gasteiger partial charge in [0.1, 0.15) is 0 Å². The molecule has 0 saturated heterocycles. The molecule has 1 rings (SSSR count). The zero-order valence-electron chi connectivity index (χ0n) is 12.4. The van der Waals surface area contributed by atoms with Gasteiger partial charge in [0, 0.05) is 19.1 Å². The summed E-state index contributed by atoms with van der Waals surface area (Å²) in [7, 11) is 1.71. The van der Waals surface area contributed by atoms with Gasteiger partial charge in [-0.1, -0.05) is 52.0 Å². The second-order valence-electron chi connectivity index (χ2n) is 6.04. The lowest BCUT2D eigenvalue weighted by Crippen LogP contribution is -2.33. The molecule has 1 N–H and O–H groups in total. The van der Waals surface area contributed by atoms with Gasteiger partial charge in [-0.3, -0.25) is 5.32 Å². The van der Waals surface area contributed by atoms with Gasteiger partial charge < -0.3 is 4.74 Å². The van der Waals surface area contributed by atoms with Crippen molar-refractivity contribution in [2.24, 2.45) is 5.92 Å². The second-order valence-corrected chi connectivity index (χ2v) is 6.04. The van der Waals surface area contributed by atoms with E-state index in [1.807, 2.05) is 0 Å². The minimum absolute atomic E-state index is 0.134. The van der Waals surface area contributed by atoms with Crippen LogP contribution in [0.5, 0.6) is 0 Å². The first-order valence-corrected chi connectivity index (χ1v) is 6.75. The lowest BCUT2D eigenvalue weighted by atomic mass is 9.84. The number of hydrogen-bond acceptors (Lipinski definition) is 2. The van der Waals surface area contributed by atoms with Crippen molar-refractivity contribution in [3.63, 3.8) is 0 Å². The molecular formula is C16H27NO. The Morgan fingerprint density at radius 3 is 2.28 bits per heavy atom. The van der Waals surface area contributed by atoms with Crippen molar-refractivity contribution in [1.82, 2.24) is 5.32 Å². The first-order valence-electron chi connectivity index (χ1n) is 6.75. The highest BCUT2D eigenvalue weighted by Gasteiger charge is 2.19. The normalized spacial score (nSPS) is 12.1. The molecule has 2 nitrogen and oxygen atoms in total. The fourth-order valence-electron chi connectivity index (χ4n) is 2.13. The van der Waals surface area contributed by atoms with Crippen LogP contribution in [0, 0.1) is 5.92 Å². The van der Waals surface area contributed by atoms with E-state index in [2.05, 4.69) is 57.3 Å². The van der Waals surface area contributed by atoms with Crippen LogP contribution in [0.25, 0.3) is 0 Å². The van der Waals surface area contributed by atoms with Gasteiger partial charge in [0.25, 0.3) is 0 Å². The summed E-state index contributed by atoms with van der Waals surface area (Å²) in [6.07, 6.45) is 1.16. The molecule has 0 heterocycles. The number of benzene rings is 1. The van der Waals surface area contributed by atoms with Gasteiger partial charge in [-0.15, -0.1) is 0 Å². The quantitative estimate of drug-likeness (QED) is 0.591. The van der Waals surface area contributed by atoms with Crippen LogP contribution >= 0.6 is 0 Å². The summed E-state index contributed by atoms with van der Waals surface area (Å²) in [4.78, 5) is 0. The van der Waals surface area contributed by atoms with Gasteiger partial charge in [0.15, 0.2) is 0 Å². The Bertz CT molecular complexity index is 341. The Balaban J connectivity index is 2.65. The molecule has 102 valence electrons. The second kappa shape index (κ2) is 6.91. The molecule has 0 aliphatic carbocycles. The number of ether oxygens (including phenoxy) is 1. The first kappa shape index (κ1) is 15.2. The van der Waals surface area contributed by atoms with E-state index in [0.717, 1.165) is 13.0 Å². The third-order valence-electron chi connectivity index (χ3n) is 3.19. The maximum absolute atomic E-state index is 5.02. The summed E-state index contributed by atoms with van der Waals surface area (Å²) in [6, 6.07) is 9.03. The van der Waals surface area contributed by atoms with Crippen LogP contribution in [0.3, 0.4) is 0 Å². The molecule has 1 aromatic rings. The summed E-state index contributed by atoms with van der Waals surface area (Å²) in [5.74, 6) is 0.715. The summed E-state index contributed by atoms with van der Waals surface area (Å²) < 4.78 is 5.02. The Hall–Kier alpha value is -0.860. The Morgan fingerprint density at radius 2 is 1.78 bits per heavy atom. The molecule has 0 aliphatic heterocycles. The van der Waals surface area contributed by atoms with Crippen molar-refractivity contribution in [1.29, 1.82) is 0 Å². The molecular weight excluding hydrogens is 222 g/mol. The zero-order chi connectivity index (χ0) is 13.6. The van der Waals surface area contributed by atoms with Crippen molar-refractivity contribution < 1.29 is 4.74 Å². The maximum Gasteiger partial charge on any atom is 0.0961 e. The van der Waals surface area contributed by atoms with Crippen molar-refractivity contribution >= 4 is 0 Å². The standard InChI is InChI=1S/C16H27NO/c1-13(2)10-14-6-8-15(9-7-14)16(3,4)11-17-12-18-5/h6-9,13,17H,10-12H2,1-5H3. The van der Waals surface area contributed by atoms with Crippen molar-refractivity contribution in [3.8, 4) is 0 Å². The van der Waals surface area contributed by atoms with E-state index in [1.165, 1.54) is 11.1 Å². The average molecular weight is 249 g/mol. The molecule has 0 radical (unpaired) electrons. The Labute approximate surface area is 112 Å². The monoisotopic (exact) mass is 249 g/mol. The van der Waals surface area contributed by atoms with E-state index >= 15 is 0 Å². The van der Waals surface area contributed by atoms with E-state index in [4.69, 9.17) is 4.74 Å². The fraction of sp³-hybridized carbons (Fsp3) is 0.625. The third-order valence-corrected chi connectivity index (χ3v) is 3.19. The van der Waals surface area contributed by atoms with Gasteiger partial charge >= 0.3 is 0 Å². The fourth-order valence-corrected chi connectivity index (χ4v) is 2.13. The molecule has 18 heavy (non-hydrogen) atoms. The van der Waals surface area contributed by atoms with E-state index in [1.54, 1.807) is 7.11 Å². The molecule has 0 spiro atoms. The Morgan fingerprint density at radius 1 is 1.17 bits per heavy atom. The largest absolute Gasteiger partial charge is 0.370 e. The third kappa shape index (κ3) is 4.79. The molecule has 0 unspecified atom stereocenters. The molecule has 0 amide bonds. The van der Waals surface area contributed by atoms with Gasteiger partial charge in [-0.2, -0.15) is 0 Å².